The van der Waals surface area contributed by atoms with E-state index in [9.17, 15) is 0 Å². The zero-order valence-corrected chi connectivity index (χ0v) is 14.2. The highest BCUT2D eigenvalue weighted by Crippen LogP contribution is 2.66. The van der Waals surface area contributed by atoms with Crippen LogP contribution in [0.25, 0.3) is 11.3 Å². The largest absolute Gasteiger partial charge is 0.224 e. The van der Waals surface area contributed by atoms with E-state index in [1.54, 1.807) is 22.3 Å². The Bertz CT molecular complexity index is 1070. The number of fused-ring (bicyclic) bond motifs is 4. The third-order valence-electron chi connectivity index (χ3n) is 7.57. The van der Waals surface area contributed by atoms with Gasteiger partial charge in [-0.15, -0.1) is 0 Å². The number of hydrogen-bond donors (Lipinski definition) is 0. The molecule has 4 atom stereocenters. The average Bonchev–Trinajstić information content (AvgIpc) is 3.31. The Morgan fingerprint density at radius 3 is 2.80 bits per heavy atom. The van der Waals surface area contributed by atoms with Crippen molar-refractivity contribution in [1.82, 2.24) is 0 Å². The van der Waals surface area contributed by atoms with Gasteiger partial charge in [0.2, 0.25) is 11.2 Å². The predicted molar refractivity (Wildman–Crippen MR) is 97.4 cm³/mol. The highest BCUT2D eigenvalue weighted by molar-refractivity contribution is 5.73. The van der Waals surface area contributed by atoms with Gasteiger partial charge in [-0.1, -0.05) is 36.4 Å². The predicted octanol–water partition coefficient (Wildman–Crippen LogP) is 4.43. The van der Waals surface area contributed by atoms with Crippen molar-refractivity contribution in [2.45, 2.75) is 30.7 Å². The van der Waals surface area contributed by atoms with E-state index in [0.717, 1.165) is 17.8 Å². The summed E-state index contributed by atoms with van der Waals surface area (Å²) in [4.78, 5) is 0. The minimum atomic E-state index is 0.0448. The van der Waals surface area contributed by atoms with Crippen LogP contribution in [0, 0.1) is 11.8 Å². The van der Waals surface area contributed by atoms with E-state index in [0.29, 0.717) is 0 Å². The van der Waals surface area contributed by atoms with Gasteiger partial charge >= 0.3 is 0 Å². The Morgan fingerprint density at radius 2 is 1.80 bits per heavy atom. The number of benzene rings is 2. The van der Waals surface area contributed by atoms with Crippen molar-refractivity contribution < 1.29 is 4.57 Å². The van der Waals surface area contributed by atoms with Gasteiger partial charge in [0.1, 0.15) is 0 Å². The van der Waals surface area contributed by atoms with Gasteiger partial charge < -0.3 is 0 Å². The van der Waals surface area contributed by atoms with Crippen LogP contribution in [0.2, 0.25) is 0 Å². The molecule has 2 heterocycles. The monoisotopic (exact) mass is 322 g/mol. The van der Waals surface area contributed by atoms with Crippen molar-refractivity contribution in [3.05, 3.63) is 89.1 Å². The normalized spacial score (nSPS) is 32.1. The number of hydrogen-bond acceptors (Lipinski definition) is 0. The summed E-state index contributed by atoms with van der Waals surface area (Å²) in [7, 11) is 0. The first-order valence-electron chi connectivity index (χ1n) is 9.64. The van der Waals surface area contributed by atoms with Gasteiger partial charge in [-0.2, -0.15) is 4.57 Å². The lowest BCUT2D eigenvalue weighted by Crippen LogP contribution is -2.61. The number of rotatable bonds is 0. The molecule has 0 amide bonds. The van der Waals surface area contributed by atoms with Gasteiger partial charge in [0.05, 0.1) is 5.56 Å². The zero-order valence-electron chi connectivity index (χ0n) is 14.2. The third-order valence-corrected chi connectivity index (χ3v) is 7.57. The second kappa shape index (κ2) is 4.04. The molecule has 1 aromatic heterocycles. The fourth-order valence-electron chi connectivity index (χ4n) is 7.04. The van der Waals surface area contributed by atoms with Gasteiger partial charge in [0.25, 0.3) is 0 Å². The summed E-state index contributed by atoms with van der Waals surface area (Å²) >= 11 is 0. The molecule has 7 rings (SSSR count). The van der Waals surface area contributed by atoms with E-state index in [1.165, 1.54) is 30.5 Å². The quantitative estimate of drug-likeness (QED) is 0.539. The molecule has 3 aromatic rings. The first-order chi connectivity index (χ1) is 12.4. The number of pyridine rings is 1. The van der Waals surface area contributed by atoms with Gasteiger partial charge in [-0.05, 0) is 54.4 Å². The molecular weight excluding hydrogens is 302 g/mol. The fraction of sp³-hybridized carbons (Fsp3) is 0.292. The molecule has 1 saturated carbocycles. The molecule has 4 aliphatic rings. The van der Waals surface area contributed by atoms with Crippen LogP contribution in [-0.4, -0.2) is 0 Å². The van der Waals surface area contributed by atoms with Crippen molar-refractivity contribution in [3.8, 4) is 11.3 Å². The van der Waals surface area contributed by atoms with E-state index in [2.05, 4.69) is 71.4 Å². The van der Waals surface area contributed by atoms with Crippen LogP contribution in [0.1, 0.15) is 41.0 Å². The molecule has 2 aromatic carbocycles. The minimum Gasteiger partial charge on any atom is -0.184 e. The molecule has 120 valence electrons. The summed E-state index contributed by atoms with van der Waals surface area (Å²) in [5.74, 6) is 2.28. The molecule has 0 saturated heterocycles. The van der Waals surface area contributed by atoms with Gasteiger partial charge in [-0.3, -0.25) is 0 Å². The van der Waals surface area contributed by atoms with Crippen LogP contribution in [0.3, 0.4) is 0 Å². The summed E-state index contributed by atoms with van der Waals surface area (Å²) in [5, 5.41) is 0. The minimum absolute atomic E-state index is 0.0448. The van der Waals surface area contributed by atoms with E-state index in [1.807, 2.05) is 0 Å². The van der Waals surface area contributed by atoms with Gasteiger partial charge in [0.15, 0.2) is 6.20 Å². The Morgan fingerprint density at radius 1 is 0.880 bits per heavy atom. The van der Waals surface area contributed by atoms with E-state index in [-0.39, 0.29) is 5.54 Å². The second-order valence-electron chi connectivity index (χ2n) is 8.32. The van der Waals surface area contributed by atoms with Crippen LogP contribution in [0.15, 0.2) is 66.9 Å². The highest BCUT2D eigenvalue weighted by atomic mass is 15.1. The first-order valence-corrected chi connectivity index (χ1v) is 9.64. The molecule has 0 N–H and O–H groups in total. The fourth-order valence-corrected chi connectivity index (χ4v) is 7.04. The third kappa shape index (κ3) is 1.21. The number of nitrogens with zero attached hydrogens (tertiary/aromatic N) is 1. The van der Waals surface area contributed by atoms with E-state index in [4.69, 9.17) is 0 Å². The van der Waals surface area contributed by atoms with Crippen molar-refractivity contribution in [2.24, 2.45) is 11.8 Å². The number of aromatic nitrogens is 1. The maximum atomic E-state index is 2.64. The molecule has 1 heteroatoms. The van der Waals surface area contributed by atoms with Crippen LogP contribution < -0.4 is 4.57 Å². The summed E-state index contributed by atoms with van der Waals surface area (Å²) in [6.45, 7) is 0. The molecule has 1 aliphatic heterocycles. The maximum absolute atomic E-state index is 2.64. The Hall–Kier alpha value is -2.41. The zero-order chi connectivity index (χ0) is 16.2. The molecule has 4 unspecified atom stereocenters. The van der Waals surface area contributed by atoms with Crippen molar-refractivity contribution in [1.29, 1.82) is 0 Å². The SMILES string of the molecule is c1cc2c3c(c1)-c1cccc[n+]1C31c3ccccc3C3CCC(C2)C31. The van der Waals surface area contributed by atoms with E-state index < -0.39 is 0 Å². The Kier molecular flexibility index (Phi) is 2.08. The Balaban J connectivity index is 1.73. The van der Waals surface area contributed by atoms with Crippen LogP contribution in [0.5, 0.6) is 0 Å². The summed E-state index contributed by atoms with van der Waals surface area (Å²) < 4.78 is 2.64. The lowest BCUT2D eigenvalue weighted by atomic mass is 9.65. The Labute approximate surface area is 148 Å². The second-order valence-corrected chi connectivity index (χ2v) is 8.32. The molecular formula is C24H20N+. The van der Waals surface area contributed by atoms with Crippen molar-refractivity contribution in [3.63, 3.8) is 0 Å². The lowest BCUT2D eigenvalue weighted by Gasteiger charge is -2.38. The maximum Gasteiger partial charge on any atom is 0.224 e. The molecule has 0 radical (unpaired) electrons. The van der Waals surface area contributed by atoms with E-state index >= 15 is 0 Å². The molecule has 1 nitrogen and oxygen atoms in total. The van der Waals surface area contributed by atoms with Crippen molar-refractivity contribution in [2.75, 3.05) is 0 Å². The highest BCUT2D eigenvalue weighted by Gasteiger charge is 2.70. The van der Waals surface area contributed by atoms with Crippen LogP contribution in [0.4, 0.5) is 0 Å². The smallest absolute Gasteiger partial charge is 0.184 e. The lowest BCUT2D eigenvalue weighted by molar-refractivity contribution is -0.737. The average molecular weight is 322 g/mol. The summed E-state index contributed by atoms with van der Waals surface area (Å²) in [5.41, 5.74) is 9.35. The first kappa shape index (κ1) is 12.9. The van der Waals surface area contributed by atoms with Crippen molar-refractivity contribution >= 4 is 0 Å². The molecule has 25 heavy (non-hydrogen) atoms. The van der Waals surface area contributed by atoms with Crippen LogP contribution in [-0.2, 0) is 12.0 Å². The summed E-state index contributed by atoms with van der Waals surface area (Å²) in [6.07, 6.45) is 6.37. The topological polar surface area (TPSA) is 3.88 Å². The summed E-state index contributed by atoms with van der Waals surface area (Å²) in [6, 6.07) is 23.1. The molecule has 3 aliphatic carbocycles. The standard InChI is InChI=1S/C24H20N/c1-2-9-20-17(7-1)18-12-11-16-14-15-6-5-8-19-21-10-3-4-13-25(21)24(20,22(16)18)23(15)19/h1-10,13,16,18,22H,11-12,14H2/q+1. The van der Waals surface area contributed by atoms with Crippen LogP contribution >= 0.6 is 0 Å². The molecule has 1 spiro atoms. The van der Waals surface area contributed by atoms with Gasteiger partial charge in [-0.25, -0.2) is 0 Å². The van der Waals surface area contributed by atoms with Gasteiger partial charge in [0, 0.05) is 29.2 Å². The molecule has 0 bridgehead atoms. The molecule has 1 fully saturated rings.